The van der Waals surface area contributed by atoms with E-state index in [1.807, 2.05) is 92.7 Å². The van der Waals surface area contributed by atoms with Gasteiger partial charge in [0.1, 0.15) is 0 Å². The van der Waals surface area contributed by atoms with Gasteiger partial charge in [0.05, 0.1) is 11.7 Å². The molecule has 4 aromatic rings. The predicted molar refractivity (Wildman–Crippen MR) is 156 cm³/mol. The first-order valence-electron chi connectivity index (χ1n) is 13.1. The normalized spacial score (nSPS) is 13.7. The molecule has 0 atom stereocenters. The number of aryl methyl sites for hydroxylation is 2. The highest BCUT2D eigenvalue weighted by Gasteiger charge is 2.17. The van der Waals surface area contributed by atoms with E-state index < -0.39 is 0 Å². The number of nitrogens with zero attached hydrogens (tertiary/aromatic N) is 1. The molecular formula is C31H33N5O3. The summed E-state index contributed by atoms with van der Waals surface area (Å²) in [4.78, 5) is 30.6. The largest absolute Gasteiger partial charge is 0.393 e. The van der Waals surface area contributed by atoms with Crippen LogP contribution < -0.4 is 20.9 Å². The number of aromatic amines is 1. The second-order valence-electron chi connectivity index (χ2n) is 9.94. The molecule has 8 heteroatoms. The van der Waals surface area contributed by atoms with Crippen molar-refractivity contribution < 1.29 is 14.7 Å². The Morgan fingerprint density at radius 3 is 1.79 bits per heavy atom. The quantitative estimate of drug-likeness (QED) is 0.209. The van der Waals surface area contributed by atoms with Gasteiger partial charge in [0.2, 0.25) is 0 Å². The minimum atomic E-state index is -0.211. The number of H-pyrrole nitrogens is 1. The lowest BCUT2D eigenvalue weighted by atomic mass is 10.1. The van der Waals surface area contributed by atoms with Crippen molar-refractivity contribution in [2.24, 2.45) is 0 Å². The highest BCUT2D eigenvalue weighted by atomic mass is 16.3. The van der Waals surface area contributed by atoms with Crippen molar-refractivity contribution in [3.05, 3.63) is 101 Å². The van der Waals surface area contributed by atoms with Crippen LogP contribution in [-0.2, 0) is 0 Å². The van der Waals surface area contributed by atoms with Gasteiger partial charge in [-0.3, -0.25) is 9.59 Å². The molecule has 1 saturated heterocycles. The minimum Gasteiger partial charge on any atom is -0.393 e. The van der Waals surface area contributed by atoms with Gasteiger partial charge >= 0.3 is 0 Å². The van der Waals surface area contributed by atoms with Gasteiger partial charge in [0.15, 0.2) is 0 Å². The topological polar surface area (TPSA) is 109 Å². The molecule has 0 unspecified atom stereocenters. The van der Waals surface area contributed by atoms with Crippen LogP contribution in [0.4, 0.5) is 28.4 Å². The molecule has 1 aliphatic heterocycles. The van der Waals surface area contributed by atoms with Crippen LogP contribution in [0.15, 0.2) is 78.9 Å². The lowest BCUT2D eigenvalue weighted by Gasteiger charge is -2.31. The van der Waals surface area contributed by atoms with Crippen molar-refractivity contribution in [2.45, 2.75) is 32.8 Å². The van der Waals surface area contributed by atoms with Gasteiger partial charge in [0.25, 0.3) is 11.8 Å². The number of rotatable bonds is 7. The van der Waals surface area contributed by atoms with Gasteiger partial charge in [-0.25, -0.2) is 0 Å². The molecule has 200 valence electrons. The summed E-state index contributed by atoms with van der Waals surface area (Å²) in [5, 5.41) is 18.9. The number of amides is 2. The maximum absolute atomic E-state index is 12.7. The molecule has 2 heterocycles. The van der Waals surface area contributed by atoms with Crippen LogP contribution in [0, 0.1) is 13.8 Å². The molecule has 5 rings (SSSR count). The highest BCUT2D eigenvalue weighted by Crippen LogP contribution is 2.23. The number of hydrogen-bond acceptors (Lipinski definition) is 5. The summed E-state index contributed by atoms with van der Waals surface area (Å²) in [6.45, 7) is 5.45. The Labute approximate surface area is 228 Å². The number of aromatic nitrogens is 1. The van der Waals surface area contributed by atoms with E-state index in [1.165, 1.54) is 0 Å². The number of hydrogen-bond donors (Lipinski definition) is 5. The number of aliphatic hydroxyl groups is 1. The van der Waals surface area contributed by atoms with Crippen LogP contribution in [0.3, 0.4) is 0 Å². The molecule has 0 spiro atoms. The smallest absolute Gasteiger partial charge is 0.257 e. The van der Waals surface area contributed by atoms with Crippen LogP contribution in [0.5, 0.6) is 0 Å². The van der Waals surface area contributed by atoms with Crippen LogP contribution >= 0.6 is 0 Å². The van der Waals surface area contributed by atoms with Crippen LogP contribution in [-0.4, -0.2) is 41.1 Å². The average molecular weight is 524 g/mol. The number of nitrogens with one attached hydrogen (secondary N) is 4. The molecule has 0 aliphatic carbocycles. The van der Waals surface area contributed by atoms with E-state index in [1.54, 1.807) is 0 Å². The summed E-state index contributed by atoms with van der Waals surface area (Å²) in [6, 6.07) is 24.4. The van der Waals surface area contributed by atoms with Crippen LogP contribution in [0.2, 0.25) is 0 Å². The zero-order valence-electron chi connectivity index (χ0n) is 22.1. The predicted octanol–water partition coefficient (Wildman–Crippen LogP) is 5.84. The zero-order valence-corrected chi connectivity index (χ0v) is 22.1. The maximum Gasteiger partial charge on any atom is 0.257 e. The Balaban J connectivity index is 1.13. The van der Waals surface area contributed by atoms with Crippen LogP contribution in [0.1, 0.15) is 44.9 Å². The monoisotopic (exact) mass is 523 g/mol. The third-order valence-corrected chi connectivity index (χ3v) is 6.93. The van der Waals surface area contributed by atoms with Gasteiger partial charge < -0.3 is 30.9 Å². The number of benzene rings is 3. The fourth-order valence-corrected chi connectivity index (χ4v) is 4.75. The Morgan fingerprint density at radius 1 is 0.769 bits per heavy atom. The SMILES string of the molecule is Cc1cc(C(=O)Nc2ccc(Nc3ccc(NC(=O)c4ccc(N5CCC(O)CC5)cc4)cc3)cc2)c(C)[nH]1. The first kappa shape index (κ1) is 26.1. The molecule has 0 radical (unpaired) electrons. The Morgan fingerprint density at radius 2 is 1.28 bits per heavy atom. The molecular weight excluding hydrogens is 490 g/mol. The molecule has 39 heavy (non-hydrogen) atoms. The van der Waals surface area contributed by atoms with Gasteiger partial charge in [-0.2, -0.15) is 0 Å². The van der Waals surface area contributed by atoms with E-state index in [2.05, 4.69) is 25.8 Å². The molecule has 0 saturated carbocycles. The summed E-state index contributed by atoms with van der Waals surface area (Å²) >= 11 is 0. The third-order valence-electron chi connectivity index (χ3n) is 6.93. The standard InChI is InChI=1S/C31H33N5O3/c1-20-19-29(21(2)32-20)31(39)35-26-11-7-24(8-12-26)33-23-5-9-25(10-6-23)34-30(38)22-3-13-27(14-4-22)36-17-15-28(37)16-18-36/h3-14,19,28,32-33,37H,15-18H2,1-2H3,(H,34,38)(H,35,39). The Bertz CT molecular complexity index is 1440. The van der Waals surface area contributed by atoms with Crippen LogP contribution in [0.25, 0.3) is 0 Å². The molecule has 2 amide bonds. The molecule has 1 fully saturated rings. The van der Waals surface area contributed by atoms with E-state index in [0.717, 1.165) is 54.4 Å². The molecule has 8 nitrogen and oxygen atoms in total. The maximum atomic E-state index is 12.7. The third kappa shape index (κ3) is 6.48. The number of piperidine rings is 1. The number of carbonyl (C=O) groups is 2. The highest BCUT2D eigenvalue weighted by molar-refractivity contribution is 6.05. The number of carbonyl (C=O) groups excluding carboxylic acids is 2. The number of anilines is 5. The summed E-state index contributed by atoms with van der Waals surface area (Å²) < 4.78 is 0. The first-order chi connectivity index (χ1) is 18.8. The molecule has 5 N–H and O–H groups in total. The van der Waals surface area contributed by atoms with Crippen molar-refractivity contribution in [3.63, 3.8) is 0 Å². The van der Waals surface area contributed by atoms with Crippen molar-refractivity contribution in [1.29, 1.82) is 0 Å². The molecule has 0 bridgehead atoms. The summed E-state index contributed by atoms with van der Waals surface area (Å²) in [5.41, 5.74) is 7.25. The molecule has 1 aliphatic rings. The first-order valence-corrected chi connectivity index (χ1v) is 13.1. The van der Waals surface area contributed by atoms with E-state index in [0.29, 0.717) is 22.5 Å². The lowest BCUT2D eigenvalue weighted by Crippen LogP contribution is -2.35. The van der Waals surface area contributed by atoms with Crippen molar-refractivity contribution >= 4 is 40.3 Å². The minimum absolute atomic E-state index is 0.145. The second kappa shape index (κ2) is 11.4. The van der Waals surface area contributed by atoms with E-state index >= 15 is 0 Å². The summed E-state index contributed by atoms with van der Waals surface area (Å²) in [6.07, 6.45) is 1.33. The zero-order chi connectivity index (χ0) is 27.4. The van der Waals surface area contributed by atoms with Gasteiger partial charge in [-0.1, -0.05) is 0 Å². The Kier molecular flexibility index (Phi) is 7.65. The molecule has 3 aromatic carbocycles. The molecule has 1 aromatic heterocycles. The number of aliphatic hydroxyl groups excluding tert-OH is 1. The van der Waals surface area contributed by atoms with Crippen molar-refractivity contribution in [2.75, 3.05) is 33.9 Å². The second-order valence-corrected chi connectivity index (χ2v) is 9.94. The van der Waals surface area contributed by atoms with E-state index in [-0.39, 0.29) is 17.9 Å². The van der Waals surface area contributed by atoms with Crippen molar-refractivity contribution in [3.8, 4) is 0 Å². The summed E-state index contributed by atoms with van der Waals surface area (Å²) in [7, 11) is 0. The van der Waals surface area contributed by atoms with Gasteiger partial charge in [0, 0.05) is 58.5 Å². The Hall–Kier alpha value is -4.56. The lowest BCUT2D eigenvalue weighted by molar-refractivity contribution is 0.101. The summed E-state index contributed by atoms with van der Waals surface area (Å²) in [5.74, 6) is -0.312. The van der Waals surface area contributed by atoms with Crippen molar-refractivity contribution in [1.82, 2.24) is 4.98 Å². The van der Waals surface area contributed by atoms with E-state index in [4.69, 9.17) is 0 Å². The van der Waals surface area contributed by atoms with Gasteiger partial charge in [-0.05, 0) is 106 Å². The fourth-order valence-electron chi connectivity index (χ4n) is 4.75. The van der Waals surface area contributed by atoms with E-state index in [9.17, 15) is 14.7 Å². The average Bonchev–Trinajstić information content (AvgIpc) is 3.29. The fraction of sp³-hybridized carbons (Fsp3) is 0.226. The van der Waals surface area contributed by atoms with Gasteiger partial charge in [-0.15, -0.1) is 0 Å².